The van der Waals surface area contributed by atoms with Crippen molar-refractivity contribution in [2.24, 2.45) is 0 Å². The molecule has 0 N–H and O–H groups in total. The lowest BCUT2D eigenvalue weighted by atomic mass is 10.2. The fraction of sp³-hybridized carbons (Fsp3) is 0.438. The predicted molar refractivity (Wildman–Crippen MR) is 87.3 cm³/mol. The van der Waals surface area contributed by atoms with E-state index in [9.17, 15) is 9.59 Å². The molecule has 122 valence electrons. The van der Waals surface area contributed by atoms with Crippen LogP contribution in [0.4, 0.5) is 0 Å². The molecule has 0 bridgehead atoms. The zero-order valence-corrected chi connectivity index (χ0v) is 14.2. The van der Waals surface area contributed by atoms with Crippen molar-refractivity contribution in [3.05, 3.63) is 29.0 Å². The molecule has 1 atom stereocenters. The number of likely N-dealkylation sites (tertiary alicyclic amines) is 1. The number of carbonyl (C=O) groups excluding carboxylic acids is 2. The summed E-state index contributed by atoms with van der Waals surface area (Å²) in [6.45, 7) is 2.46. The van der Waals surface area contributed by atoms with Crippen LogP contribution in [-0.2, 0) is 4.79 Å². The lowest BCUT2D eigenvalue weighted by Crippen LogP contribution is -2.45. The number of hydrogen-bond acceptors (Lipinski definition) is 5. The Bertz CT molecular complexity index is 721. The fourth-order valence-electron chi connectivity index (χ4n) is 2.80. The normalized spacial score (nSPS) is 17.5. The zero-order valence-electron chi connectivity index (χ0n) is 13.4. The Morgan fingerprint density at radius 2 is 2.22 bits per heavy atom. The molecular formula is C16H19N3O3S. The van der Waals surface area contributed by atoms with Crippen molar-refractivity contribution in [2.75, 3.05) is 20.6 Å². The summed E-state index contributed by atoms with van der Waals surface area (Å²) in [6.07, 6.45) is 3.13. The summed E-state index contributed by atoms with van der Waals surface area (Å²) in [4.78, 5) is 33.6. The highest BCUT2D eigenvalue weighted by Gasteiger charge is 2.36. The maximum Gasteiger partial charge on any atom is 0.274 e. The minimum Gasteiger partial charge on any atom is -0.462 e. The Morgan fingerprint density at radius 1 is 1.43 bits per heavy atom. The number of likely N-dealkylation sites (N-methyl/N-ethyl adjacent to an activating group) is 1. The molecule has 0 aromatic carbocycles. The lowest BCUT2D eigenvalue weighted by Gasteiger charge is -2.25. The molecular weight excluding hydrogens is 314 g/mol. The highest BCUT2D eigenvalue weighted by molar-refractivity contribution is 7.15. The van der Waals surface area contributed by atoms with Gasteiger partial charge in [-0.05, 0) is 31.9 Å². The van der Waals surface area contributed by atoms with Crippen LogP contribution in [0, 0.1) is 6.92 Å². The molecule has 0 saturated carbocycles. The first-order valence-corrected chi connectivity index (χ1v) is 8.34. The molecule has 1 aliphatic rings. The monoisotopic (exact) mass is 333 g/mol. The van der Waals surface area contributed by atoms with Crippen LogP contribution < -0.4 is 0 Å². The largest absolute Gasteiger partial charge is 0.462 e. The van der Waals surface area contributed by atoms with Gasteiger partial charge in [0.05, 0.1) is 6.26 Å². The summed E-state index contributed by atoms with van der Waals surface area (Å²) >= 11 is 1.43. The van der Waals surface area contributed by atoms with Crippen molar-refractivity contribution in [1.29, 1.82) is 0 Å². The van der Waals surface area contributed by atoms with Crippen LogP contribution in [0.5, 0.6) is 0 Å². The van der Waals surface area contributed by atoms with E-state index in [1.54, 1.807) is 36.2 Å². The van der Waals surface area contributed by atoms with Gasteiger partial charge in [0.2, 0.25) is 5.91 Å². The minimum absolute atomic E-state index is 0.0324. The SMILES string of the molecule is Cc1sc(-c2ccco2)nc1C(=O)N1CCC[C@H]1C(=O)N(C)C. The molecule has 1 saturated heterocycles. The Balaban J connectivity index is 1.87. The van der Waals surface area contributed by atoms with E-state index in [1.807, 2.05) is 13.0 Å². The van der Waals surface area contributed by atoms with Crippen molar-refractivity contribution in [2.45, 2.75) is 25.8 Å². The summed E-state index contributed by atoms with van der Waals surface area (Å²) < 4.78 is 5.35. The van der Waals surface area contributed by atoms with E-state index in [0.717, 1.165) is 11.3 Å². The van der Waals surface area contributed by atoms with Gasteiger partial charge in [0, 0.05) is 25.5 Å². The van der Waals surface area contributed by atoms with Gasteiger partial charge in [-0.15, -0.1) is 11.3 Å². The van der Waals surface area contributed by atoms with Crippen molar-refractivity contribution >= 4 is 23.2 Å². The molecule has 3 heterocycles. The first-order valence-electron chi connectivity index (χ1n) is 7.52. The highest BCUT2D eigenvalue weighted by Crippen LogP contribution is 2.30. The topological polar surface area (TPSA) is 66.7 Å². The van der Waals surface area contributed by atoms with E-state index in [-0.39, 0.29) is 17.9 Å². The molecule has 1 fully saturated rings. The predicted octanol–water partition coefficient (Wildman–Crippen LogP) is 2.40. The average Bonchev–Trinajstić information content (AvgIpc) is 3.25. The number of thiazole rings is 1. The molecule has 3 rings (SSSR count). The second-order valence-electron chi connectivity index (χ2n) is 5.79. The van der Waals surface area contributed by atoms with Crippen LogP contribution in [0.3, 0.4) is 0 Å². The molecule has 0 aliphatic carbocycles. The first kappa shape index (κ1) is 15.7. The number of amides is 2. The van der Waals surface area contributed by atoms with Crippen LogP contribution in [0.15, 0.2) is 22.8 Å². The number of carbonyl (C=O) groups is 2. The molecule has 0 radical (unpaired) electrons. The molecule has 2 aromatic rings. The maximum atomic E-state index is 12.9. The fourth-order valence-corrected chi connectivity index (χ4v) is 3.67. The van der Waals surface area contributed by atoms with E-state index in [2.05, 4.69) is 4.98 Å². The van der Waals surface area contributed by atoms with Crippen LogP contribution >= 0.6 is 11.3 Å². The van der Waals surface area contributed by atoms with Crippen LogP contribution in [0.25, 0.3) is 10.8 Å². The zero-order chi connectivity index (χ0) is 16.6. The summed E-state index contributed by atoms with van der Waals surface area (Å²) in [5.74, 6) is 0.448. The van der Waals surface area contributed by atoms with E-state index < -0.39 is 0 Å². The van der Waals surface area contributed by atoms with Crippen molar-refractivity contribution in [3.63, 3.8) is 0 Å². The van der Waals surface area contributed by atoms with Crippen molar-refractivity contribution in [3.8, 4) is 10.8 Å². The second kappa shape index (κ2) is 6.16. The Kier molecular flexibility index (Phi) is 4.21. The van der Waals surface area contributed by atoms with Gasteiger partial charge in [0.1, 0.15) is 11.7 Å². The maximum absolute atomic E-state index is 12.9. The van der Waals surface area contributed by atoms with Gasteiger partial charge in [0.25, 0.3) is 5.91 Å². The van der Waals surface area contributed by atoms with Crippen LogP contribution in [0.1, 0.15) is 28.2 Å². The quantitative estimate of drug-likeness (QED) is 0.865. The van der Waals surface area contributed by atoms with Gasteiger partial charge in [-0.25, -0.2) is 4.98 Å². The molecule has 23 heavy (non-hydrogen) atoms. The van der Waals surface area contributed by atoms with Crippen molar-refractivity contribution < 1.29 is 14.0 Å². The number of nitrogens with zero attached hydrogens (tertiary/aromatic N) is 3. The molecule has 2 aromatic heterocycles. The molecule has 0 unspecified atom stereocenters. The lowest BCUT2D eigenvalue weighted by molar-refractivity contribution is -0.132. The number of aryl methyl sites for hydroxylation is 1. The van der Waals surface area contributed by atoms with Gasteiger partial charge < -0.3 is 14.2 Å². The summed E-state index contributed by atoms with van der Waals surface area (Å²) in [7, 11) is 3.43. The number of hydrogen-bond donors (Lipinski definition) is 0. The van der Waals surface area contributed by atoms with E-state index >= 15 is 0 Å². The molecule has 2 amide bonds. The third-order valence-electron chi connectivity index (χ3n) is 3.97. The Morgan fingerprint density at radius 3 is 2.87 bits per heavy atom. The summed E-state index contributed by atoms with van der Waals surface area (Å²) in [5.41, 5.74) is 0.417. The third kappa shape index (κ3) is 2.88. The summed E-state index contributed by atoms with van der Waals surface area (Å²) in [5, 5.41) is 0.686. The number of aromatic nitrogens is 1. The smallest absolute Gasteiger partial charge is 0.274 e. The number of furan rings is 1. The van der Waals surface area contributed by atoms with E-state index in [1.165, 1.54) is 11.3 Å². The van der Waals surface area contributed by atoms with Gasteiger partial charge in [-0.2, -0.15) is 0 Å². The van der Waals surface area contributed by atoms with Gasteiger partial charge >= 0.3 is 0 Å². The molecule has 1 aliphatic heterocycles. The van der Waals surface area contributed by atoms with Crippen molar-refractivity contribution in [1.82, 2.24) is 14.8 Å². The second-order valence-corrected chi connectivity index (χ2v) is 6.99. The Hall–Kier alpha value is -2.15. The highest BCUT2D eigenvalue weighted by atomic mass is 32.1. The minimum atomic E-state index is -0.384. The summed E-state index contributed by atoms with van der Waals surface area (Å²) in [6, 6.07) is 3.23. The number of rotatable bonds is 3. The first-order chi connectivity index (χ1) is 11.0. The van der Waals surface area contributed by atoms with Crippen LogP contribution in [0.2, 0.25) is 0 Å². The molecule has 6 nitrogen and oxygen atoms in total. The third-order valence-corrected chi connectivity index (χ3v) is 4.96. The van der Waals surface area contributed by atoms with Crippen LogP contribution in [-0.4, -0.2) is 53.3 Å². The van der Waals surface area contributed by atoms with Gasteiger partial charge in [0.15, 0.2) is 10.8 Å². The van der Waals surface area contributed by atoms with Gasteiger partial charge in [-0.3, -0.25) is 9.59 Å². The average molecular weight is 333 g/mol. The molecule has 7 heteroatoms. The van der Waals surface area contributed by atoms with E-state index in [0.29, 0.717) is 29.4 Å². The standard InChI is InChI=1S/C16H19N3O3S/c1-10-13(17-14(23-10)12-7-5-9-22-12)16(21)19-8-4-6-11(19)15(20)18(2)3/h5,7,9,11H,4,6,8H2,1-3H3/t11-/m0/s1. The van der Waals surface area contributed by atoms with E-state index in [4.69, 9.17) is 4.42 Å². The molecule has 0 spiro atoms. The Labute approximate surface area is 138 Å². The van der Waals surface area contributed by atoms with Gasteiger partial charge in [-0.1, -0.05) is 0 Å².